The summed E-state index contributed by atoms with van der Waals surface area (Å²) in [6.45, 7) is 6.62. The Balaban J connectivity index is 3.00. The summed E-state index contributed by atoms with van der Waals surface area (Å²) in [7, 11) is 0. The van der Waals surface area contributed by atoms with Crippen LogP contribution in [0, 0.1) is 6.92 Å². The number of benzene rings is 1. The lowest BCUT2D eigenvalue weighted by molar-refractivity contribution is 1.05. The van der Waals surface area contributed by atoms with Crippen LogP contribution in [-0.4, -0.2) is 5.75 Å². The Morgan fingerprint density at radius 1 is 1.25 bits per heavy atom. The Hall–Kier alpha value is -0.430. The van der Waals surface area contributed by atoms with Gasteiger partial charge >= 0.3 is 0 Å². The largest absolute Gasteiger partial charge is 0.126 e. The van der Waals surface area contributed by atoms with Gasteiger partial charge in [0.25, 0.3) is 0 Å². The van der Waals surface area contributed by atoms with Gasteiger partial charge < -0.3 is 0 Å². The number of aryl methyl sites for hydroxylation is 1. The van der Waals surface area contributed by atoms with Gasteiger partial charge in [-0.2, -0.15) is 0 Å². The zero-order valence-electron chi connectivity index (χ0n) is 8.05. The second kappa shape index (κ2) is 4.56. The minimum atomic E-state index is 1.15. The highest BCUT2D eigenvalue weighted by atomic mass is 32.2. The number of hydrogen-bond donors (Lipinski definition) is 0. The van der Waals surface area contributed by atoms with Crippen molar-refractivity contribution in [2.24, 2.45) is 0 Å². The lowest BCUT2D eigenvalue weighted by Crippen LogP contribution is -1.89. The van der Waals surface area contributed by atoms with Gasteiger partial charge in [-0.15, -0.1) is 11.8 Å². The van der Waals surface area contributed by atoms with E-state index in [4.69, 9.17) is 0 Å². The van der Waals surface area contributed by atoms with Crippen molar-refractivity contribution in [1.82, 2.24) is 0 Å². The lowest BCUT2D eigenvalue weighted by Gasteiger charge is -2.08. The molecule has 1 aromatic rings. The van der Waals surface area contributed by atoms with Gasteiger partial charge in [0, 0.05) is 4.90 Å². The highest BCUT2D eigenvalue weighted by Gasteiger charge is 2.01. The third kappa shape index (κ3) is 2.04. The predicted molar refractivity (Wildman–Crippen MR) is 57.0 cm³/mol. The first-order valence-electron chi connectivity index (χ1n) is 4.50. The van der Waals surface area contributed by atoms with Crippen LogP contribution >= 0.6 is 11.8 Å². The summed E-state index contributed by atoms with van der Waals surface area (Å²) in [5, 5.41) is 0. The highest BCUT2D eigenvalue weighted by molar-refractivity contribution is 7.99. The molecule has 0 fully saturated rings. The van der Waals surface area contributed by atoms with Crippen LogP contribution in [0.1, 0.15) is 25.0 Å². The SMILES string of the molecule is CCSc1cccc(C)c1CC. The molecule has 0 nitrogen and oxygen atoms in total. The van der Waals surface area contributed by atoms with Crippen LogP contribution in [0.5, 0.6) is 0 Å². The molecular formula is C11H16S. The molecule has 0 N–H and O–H groups in total. The van der Waals surface area contributed by atoms with Crippen molar-refractivity contribution >= 4 is 11.8 Å². The molecule has 0 aliphatic rings. The summed E-state index contributed by atoms with van der Waals surface area (Å²) in [5.74, 6) is 1.16. The average Bonchev–Trinajstić information content (AvgIpc) is 2.05. The molecule has 1 heteroatoms. The standard InChI is InChI=1S/C11H16S/c1-4-10-9(3)7-6-8-11(10)12-5-2/h6-8H,4-5H2,1-3H3. The van der Waals surface area contributed by atoms with E-state index in [9.17, 15) is 0 Å². The molecule has 0 spiro atoms. The second-order valence-corrected chi connectivity index (χ2v) is 4.14. The van der Waals surface area contributed by atoms with Gasteiger partial charge in [-0.25, -0.2) is 0 Å². The van der Waals surface area contributed by atoms with Crippen molar-refractivity contribution in [3.63, 3.8) is 0 Å². The number of thioether (sulfide) groups is 1. The molecular weight excluding hydrogens is 164 g/mol. The molecule has 0 aromatic heterocycles. The molecule has 1 rings (SSSR count). The van der Waals surface area contributed by atoms with Crippen LogP contribution in [0.4, 0.5) is 0 Å². The van der Waals surface area contributed by atoms with Crippen LogP contribution in [0.25, 0.3) is 0 Å². The van der Waals surface area contributed by atoms with Gasteiger partial charge in [0.1, 0.15) is 0 Å². The maximum Gasteiger partial charge on any atom is 0.0106 e. The van der Waals surface area contributed by atoms with Crippen molar-refractivity contribution in [2.75, 3.05) is 5.75 Å². The molecule has 0 saturated heterocycles. The zero-order chi connectivity index (χ0) is 8.97. The normalized spacial score (nSPS) is 10.2. The molecule has 0 radical (unpaired) electrons. The Kier molecular flexibility index (Phi) is 3.67. The maximum absolute atomic E-state index is 2.22. The van der Waals surface area contributed by atoms with Crippen molar-refractivity contribution in [3.8, 4) is 0 Å². The van der Waals surface area contributed by atoms with Gasteiger partial charge in [-0.1, -0.05) is 26.0 Å². The molecule has 0 aliphatic heterocycles. The molecule has 0 unspecified atom stereocenters. The van der Waals surface area contributed by atoms with Gasteiger partial charge in [0.15, 0.2) is 0 Å². The average molecular weight is 180 g/mol. The molecule has 0 heterocycles. The summed E-state index contributed by atoms with van der Waals surface area (Å²) >= 11 is 1.94. The molecule has 0 amide bonds. The van der Waals surface area contributed by atoms with E-state index in [-0.39, 0.29) is 0 Å². The first-order chi connectivity index (χ1) is 5.79. The van der Waals surface area contributed by atoms with E-state index < -0.39 is 0 Å². The fourth-order valence-corrected chi connectivity index (χ4v) is 2.38. The topological polar surface area (TPSA) is 0 Å². The van der Waals surface area contributed by atoms with Gasteiger partial charge in [0.05, 0.1) is 0 Å². The fraction of sp³-hybridized carbons (Fsp3) is 0.455. The Morgan fingerprint density at radius 2 is 2.00 bits per heavy atom. The molecule has 1 aromatic carbocycles. The minimum absolute atomic E-state index is 1.15. The third-order valence-corrected chi connectivity index (χ3v) is 3.00. The smallest absolute Gasteiger partial charge is 0.0106 e. The van der Waals surface area contributed by atoms with Crippen molar-refractivity contribution in [3.05, 3.63) is 29.3 Å². The number of rotatable bonds is 3. The van der Waals surface area contributed by atoms with E-state index in [2.05, 4.69) is 39.0 Å². The molecule has 0 aliphatic carbocycles. The molecule has 0 saturated carbocycles. The summed E-state index contributed by atoms with van der Waals surface area (Å²) in [6.07, 6.45) is 1.15. The summed E-state index contributed by atoms with van der Waals surface area (Å²) in [5.41, 5.74) is 2.94. The Morgan fingerprint density at radius 3 is 2.58 bits per heavy atom. The molecule has 0 atom stereocenters. The van der Waals surface area contributed by atoms with E-state index in [1.807, 2.05) is 11.8 Å². The van der Waals surface area contributed by atoms with Crippen LogP contribution in [0.3, 0.4) is 0 Å². The van der Waals surface area contributed by atoms with E-state index in [1.54, 1.807) is 0 Å². The van der Waals surface area contributed by atoms with Crippen LogP contribution in [-0.2, 0) is 6.42 Å². The van der Waals surface area contributed by atoms with Gasteiger partial charge in [0.2, 0.25) is 0 Å². The van der Waals surface area contributed by atoms with Crippen LogP contribution < -0.4 is 0 Å². The molecule has 12 heavy (non-hydrogen) atoms. The number of hydrogen-bond acceptors (Lipinski definition) is 1. The van der Waals surface area contributed by atoms with Crippen molar-refractivity contribution in [1.29, 1.82) is 0 Å². The fourth-order valence-electron chi connectivity index (χ4n) is 1.42. The lowest BCUT2D eigenvalue weighted by atomic mass is 10.1. The molecule has 0 bridgehead atoms. The van der Waals surface area contributed by atoms with E-state index in [1.165, 1.54) is 16.0 Å². The van der Waals surface area contributed by atoms with Crippen LogP contribution in [0.2, 0.25) is 0 Å². The third-order valence-electron chi connectivity index (χ3n) is 2.02. The highest BCUT2D eigenvalue weighted by Crippen LogP contribution is 2.25. The van der Waals surface area contributed by atoms with Crippen LogP contribution in [0.15, 0.2) is 23.1 Å². The Labute approximate surface area is 79.4 Å². The second-order valence-electron chi connectivity index (χ2n) is 2.84. The van der Waals surface area contributed by atoms with Crippen molar-refractivity contribution < 1.29 is 0 Å². The van der Waals surface area contributed by atoms with E-state index in [0.29, 0.717) is 0 Å². The first kappa shape index (κ1) is 9.66. The van der Waals surface area contributed by atoms with Gasteiger partial charge in [-0.3, -0.25) is 0 Å². The van der Waals surface area contributed by atoms with E-state index in [0.717, 1.165) is 12.2 Å². The zero-order valence-corrected chi connectivity index (χ0v) is 8.87. The first-order valence-corrected chi connectivity index (χ1v) is 5.49. The summed E-state index contributed by atoms with van der Waals surface area (Å²) in [4.78, 5) is 1.46. The summed E-state index contributed by atoms with van der Waals surface area (Å²) < 4.78 is 0. The maximum atomic E-state index is 2.22. The van der Waals surface area contributed by atoms with Crippen molar-refractivity contribution in [2.45, 2.75) is 32.1 Å². The van der Waals surface area contributed by atoms with Gasteiger partial charge in [-0.05, 0) is 36.3 Å². The molecule has 66 valence electrons. The van der Waals surface area contributed by atoms with E-state index >= 15 is 0 Å². The summed E-state index contributed by atoms with van der Waals surface area (Å²) in [6, 6.07) is 6.56. The monoisotopic (exact) mass is 180 g/mol. The predicted octanol–water partition coefficient (Wildman–Crippen LogP) is 3.67. The minimum Gasteiger partial charge on any atom is -0.126 e. The quantitative estimate of drug-likeness (QED) is 0.640. The Bertz CT molecular complexity index is 253.